The molecule has 1 aromatic heterocycles. The van der Waals surface area contributed by atoms with Crippen molar-refractivity contribution in [1.82, 2.24) is 9.78 Å². The fraction of sp³-hybridized carbons (Fsp3) is 0.200. The van der Waals surface area contributed by atoms with Crippen LogP contribution in [0.15, 0.2) is 52.3 Å². The third-order valence-corrected chi connectivity index (χ3v) is 4.28. The molecule has 3 rings (SSSR count). The number of hydrogen-bond acceptors (Lipinski definition) is 3. The molecule has 128 valence electrons. The summed E-state index contributed by atoms with van der Waals surface area (Å²) in [4.78, 5) is 17.1. The van der Waals surface area contributed by atoms with Gasteiger partial charge in [-0.2, -0.15) is 0 Å². The van der Waals surface area contributed by atoms with Crippen LogP contribution in [0.3, 0.4) is 0 Å². The van der Waals surface area contributed by atoms with E-state index in [1.165, 1.54) is 5.56 Å². The maximum atomic E-state index is 12.7. The van der Waals surface area contributed by atoms with Gasteiger partial charge in [-0.3, -0.25) is 14.9 Å². The van der Waals surface area contributed by atoms with Crippen LogP contribution in [0.2, 0.25) is 0 Å². The second kappa shape index (κ2) is 6.81. The van der Waals surface area contributed by atoms with Crippen molar-refractivity contribution >= 4 is 11.9 Å². The summed E-state index contributed by atoms with van der Waals surface area (Å²) in [5.41, 5.74) is 5.14. The van der Waals surface area contributed by atoms with Crippen LogP contribution in [0.5, 0.6) is 5.75 Å². The van der Waals surface area contributed by atoms with Crippen molar-refractivity contribution in [2.45, 2.75) is 20.8 Å². The minimum Gasteiger partial charge on any atom is -0.497 e. The number of aromatic nitrogens is 2. The Bertz CT molecular complexity index is 979. The number of aliphatic imine (C=N–C) groups is 1. The van der Waals surface area contributed by atoms with E-state index < -0.39 is 0 Å². The highest BCUT2D eigenvalue weighted by molar-refractivity contribution is 5.83. The fourth-order valence-corrected chi connectivity index (χ4v) is 2.57. The lowest BCUT2D eigenvalue weighted by Gasteiger charge is -2.05. The molecule has 0 spiro atoms. The Morgan fingerprint density at radius 3 is 2.40 bits per heavy atom. The molecular formula is C20H21N3O2. The van der Waals surface area contributed by atoms with E-state index >= 15 is 0 Å². The number of methoxy groups -OCH3 is 1. The SMILES string of the molecule is COc1ccc(N=Cc2c(C)[nH]n(-c3ccc(C)c(C)c3)c2=O)cc1. The summed E-state index contributed by atoms with van der Waals surface area (Å²) in [6, 6.07) is 13.3. The van der Waals surface area contributed by atoms with Crippen LogP contribution in [0.25, 0.3) is 5.69 Å². The van der Waals surface area contributed by atoms with Gasteiger partial charge < -0.3 is 4.74 Å². The third-order valence-electron chi connectivity index (χ3n) is 4.28. The van der Waals surface area contributed by atoms with E-state index in [2.05, 4.69) is 17.0 Å². The van der Waals surface area contributed by atoms with E-state index in [0.717, 1.165) is 28.4 Å². The van der Waals surface area contributed by atoms with Crippen molar-refractivity contribution in [1.29, 1.82) is 0 Å². The maximum Gasteiger partial charge on any atom is 0.280 e. The van der Waals surface area contributed by atoms with Crippen LogP contribution in [0.4, 0.5) is 5.69 Å². The molecule has 0 bridgehead atoms. The summed E-state index contributed by atoms with van der Waals surface area (Å²) in [6.45, 7) is 5.95. The smallest absolute Gasteiger partial charge is 0.280 e. The molecule has 0 aliphatic heterocycles. The molecule has 0 radical (unpaired) electrons. The second-order valence-electron chi connectivity index (χ2n) is 6.02. The van der Waals surface area contributed by atoms with Crippen LogP contribution >= 0.6 is 0 Å². The number of H-pyrrole nitrogens is 1. The predicted molar refractivity (Wildman–Crippen MR) is 101 cm³/mol. The van der Waals surface area contributed by atoms with Crippen molar-refractivity contribution in [3.05, 3.63) is 75.2 Å². The first-order valence-electron chi connectivity index (χ1n) is 8.07. The van der Waals surface area contributed by atoms with Crippen LogP contribution in [0.1, 0.15) is 22.4 Å². The number of nitrogens with one attached hydrogen (secondary N) is 1. The summed E-state index contributed by atoms with van der Waals surface area (Å²) in [6.07, 6.45) is 1.60. The molecule has 3 aromatic rings. The minimum absolute atomic E-state index is 0.113. The van der Waals surface area contributed by atoms with Gasteiger partial charge in [-0.15, -0.1) is 0 Å². The van der Waals surface area contributed by atoms with Gasteiger partial charge in [-0.05, 0) is 68.3 Å². The number of hydrogen-bond donors (Lipinski definition) is 1. The highest BCUT2D eigenvalue weighted by atomic mass is 16.5. The first-order chi connectivity index (χ1) is 12.0. The molecule has 5 heteroatoms. The number of nitrogens with zero attached hydrogens (tertiary/aromatic N) is 2. The van der Waals surface area contributed by atoms with E-state index in [1.807, 2.05) is 56.3 Å². The molecule has 0 aliphatic rings. The van der Waals surface area contributed by atoms with E-state index in [1.54, 1.807) is 18.0 Å². The highest BCUT2D eigenvalue weighted by Gasteiger charge is 2.11. The average molecular weight is 335 g/mol. The molecule has 0 amide bonds. The van der Waals surface area contributed by atoms with Crippen molar-refractivity contribution in [2.75, 3.05) is 7.11 Å². The fourth-order valence-electron chi connectivity index (χ4n) is 2.57. The first kappa shape index (κ1) is 16.8. The van der Waals surface area contributed by atoms with Crippen LogP contribution in [-0.2, 0) is 0 Å². The summed E-state index contributed by atoms with van der Waals surface area (Å²) < 4.78 is 6.68. The first-order valence-corrected chi connectivity index (χ1v) is 8.07. The van der Waals surface area contributed by atoms with Crippen LogP contribution in [-0.4, -0.2) is 23.1 Å². The number of ether oxygens (including phenoxy) is 1. The Morgan fingerprint density at radius 1 is 1.04 bits per heavy atom. The van der Waals surface area contributed by atoms with Gasteiger partial charge in [0.05, 0.1) is 24.0 Å². The molecule has 25 heavy (non-hydrogen) atoms. The molecule has 0 aliphatic carbocycles. The highest BCUT2D eigenvalue weighted by Crippen LogP contribution is 2.18. The Hall–Kier alpha value is -3.08. The van der Waals surface area contributed by atoms with Gasteiger partial charge in [0.1, 0.15) is 5.75 Å². The molecule has 0 atom stereocenters. The Morgan fingerprint density at radius 2 is 1.76 bits per heavy atom. The molecule has 0 saturated carbocycles. The molecular weight excluding hydrogens is 314 g/mol. The Kier molecular flexibility index (Phi) is 4.57. The summed E-state index contributed by atoms with van der Waals surface area (Å²) in [5, 5.41) is 3.12. The van der Waals surface area contributed by atoms with Gasteiger partial charge in [-0.25, -0.2) is 4.68 Å². The van der Waals surface area contributed by atoms with Gasteiger partial charge in [0.2, 0.25) is 0 Å². The number of aryl methyl sites for hydroxylation is 3. The van der Waals surface area contributed by atoms with Crippen molar-refractivity contribution in [2.24, 2.45) is 4.99 Å². The van der Waals surface area contributed by atoms with Crippen molar-refractivity contribution in [3.63, 3.8) is 0 Å². The van der Waals surface area contributed by atoms with Gasteiger partial charge in [-0.1, -0.05) is 6.07 Å². The summed E-state index contributed by atoms with van der Waals surface area (Å²) in [7, 11) is 1.62. The van der Waals surface area contributed by atoms with E-state index in [0.29, 0.717) is 5.56 Å². The van der Waals surface area contributed by atoms with Crippen LogP contribution < -0.4 is 10.3 Å². The Labute approximate surface area is 146 Å². The lowest BCUT2D eigenvalue weighted by atomic mass is 10.1. The third kappa shape index (κ3) is 3.40. The molecule has 2 aromatic carbocycles. The van der Waals surface area contributed by atoms with Gasteiger partial charge in [0, 0.05) is 11.9 Å². The predicted octanol–water partition coefficient (Wildman–Crippen LogP) is 3.85. The maximum absolute atomic E-state index is 12.7. The van der Waals surface area contributed by atoms with E-state index in [-0.39, 0.29) is 5.56 Å². The molecule has 1 N–H and O–H groups in total. The standard InChI is InChI=1S/C20H21N3O2/c1-13-5-8-17(11-14(13)2)23-20(24)19(15(3)22-23)12-21-16-6-9-18(25-4)10-7-16/h5-12,22H,1-4H3. The number of aromatic amines is 1. The Balaban J connectivity index is 1.95. The van der Waals surface area contributed by atoms with Gasteiger partial charge in [0.15, 0.2) is 0 Å². The van der Waals surface area contributed by atoms with Crippen molar-refractivity contribution < 1.29 is 4.74 Å². The second-order valence-corrected chi connectivity index (χ2v) is 6.02. The number of rotatable bonds is 4. The van der Waals surface area contributed by atoms with Crippen molar-refractivity contribution in [3.8, 4) is 11.4 Å². The summed E-state index contributed by atoms with van der Waals surface area (Å²) in [5.74, 6) is 0.772. The lowest BCUT2D eigenvalue weighted by Crippen LogP contribution is -2.17. The van der Waals surface area contributed by atoms with E-state index in [4.69, 9.17) is 4.74 Å². The van der Waals surface area contributed by atoms with Gasteiger partial charge >= 0.3 is 0 Å². The lowest BCUT2D eigenvalue weighted by molar-refractivity contribution is 0.415. The molecule has 0 saturated heterocycles. The van der Waals surface area contributed by atoms with Crippen LogP contribution in [0, 0.1) is 20.8 Å². The average Bonchev–Trinajstić information content (AvgIpc) is 2.90. The summed E-state index contributed by atoms with van der Waals surface area (Å²) >= 11 is 0. The molecule has 0 unspecified atom stereocenters. The van der Waals surface area contributed by atoms with E-state index in [9.17, 15) is 4.79 Å². The largest absolute Gasteiger partial charge is 0.497 e. The normalized spacial score (nSPS) is 11.2. The zero-order chi connectivity index (χ0) is 18.0. The minimum atomic E-state index is -0.113. The quantitative estimate of drug-likeness (QED) is 0.736. The monoisotopic (exact) mass is 335 g/mol. The van der Waals surface area contributed by atoms with Gasteiger partial charge in [0.25, 0.3) is 5.56 Å². The topological polar surface area (TPSA) is 59.4 Å². The molecule has 5 nitrogen and oxygen atoms in total. The molecule has 0 fully saturated rings. The number of benzene rings is 2. The zero-order valence-corrected chi connectivity index (χ0v) is 14.8. The molecule has 1 heterocycles. The zero-order valence-electron chi connectivity index (χ0n) is 14.8.